The molecule has 1 amide bonds. The van der Waals surface area contributed by atoms with Gasteiger partial charge in [0.15, 0.2) is 0 Å². The van der Waals surface area contributed by atoms with Crippen LogP contribution in [0.5, 0.6) is 0 Å². The van der Waals surface area contributed by atoms with Crippen molar-refractivity contribution in [3.63, 3.8) is 0 Å². The van der Waals surface area contributed by atoms with Gasteiger partial charge in [-0.2, -0.15) is 5.10 Å². The van der Waals surface area contributed by atoms with E-state index in [-0.39, 0.29) is 11.9 Å². The number of hydrogen-bond acceptors (Lipinski definition) is 5. The Hall–Kier alpha value is -2.25. The Bertz CT molecular complexity index is 799. The summed E-state index contributed by atoms with van der Waals surface area (Å²) in [6.45, 7) is 8.47. The zero-order valence-corrected chi connectivity index (χ0v) is 16.1. The monoisotopic (exact) mass is 368 g/mol. The Kier molecular flexibility index (Phi) is 5.22. The molecule has 2 fully saturated rings. The van der Waals surface area contributed by atoms with Crippen molar-refractivity contribution < 1.29 is 4.79 Å². The molecule has 1 aromatic heterocycles. The molecule has 7 heteroatoms. The summed E-state index contributed by atoms with van der Waals surface area (Å²) in [7, 11) is 0. The van der Waals surface area contributed by atoms with Crippen LogP contribution in [0.3, 0.4) is 0 Å². The third-order valence-corrected chi connectivity index (χ3v) is 5.49. The summed E-state index contributed by atoms with van der Waals surface area (Å²) in [6.07, 6.45) is 5.56. The Balaban J connectivity index is 1.43. The number of aryl methyl sites for hydroxylation is 2. The van der Waals surface area contributed by atoms with Gasteiger partial charge in [0.1, 0.15) is 12.7 Å². The fourth-order valence-corrected chi connectivity index (χ4v) is 3.68. The fourth-order valence-electron chi connectivity index (χ4n) is 3.68. The molecule has 7 nitrogen and oxygen atoms in total. The molecule has 27 heavy (non-hydrogen) atoms. The van der Waals surface area contributed by atoms with Crippen molar-refractivity contribution in [2.75, 3.05) is 19.6 Å². The molecule has 2 aromatic rings. The number of carbonyl (C=O) groups is 1. The second-order valence-corrected chi connectivity index (χ2v) is 7.82. The molecule has 2 heterocycles. The van der Waals surface area contributed by atoms with Crippen LogP contribution in [0.4, 0.5) is 0 Å². The summed E-state index contributed by atoms with van der Waals surface area (Å²) < 4.78 is 1.85. The van der Waals surface area contributed by atoms with E-state index in [1.807, 2.05) is 4.68 Å². The predicted molar refractivity (Wildman–Crippen MR) is 103 cm³/mol. The summed E-state index contributed by atoms with van der Waals surface area (Å²) in [5.74, 6) is 0.148. The number of benzene rings is 1. The first-order valence-corrected chi connectivity index (χ1v) is 9.76. The molecule has 1 aliphatic heterocycles. The van der Waals surface area contributed by atoms with Gasteiger partial charge in [0, 0.05) is 32.2 Å². The smallest absolute Gasteiger partial charge is 0.238 e. The normalized spacial score (nSPS) is 20.6. The molecule has 2 aliphatic rings. The molecule has 1 aliphatic carbocycles. The summed E-state index contributed by atoms with van der Waals surface area (Å²) in [5, 5.41) is 10.7. The molecule has 1 saturated heterocycles. The molecule has 0 unspecified atom stereocenters. The standard InChI is InChI=1S/C20H28N6O/c1-14-7-15(2)17(10-26-13-21-12-23-26)8-16(14)9-25-6-5-22-19(11-25)20(27)24-18-3-4-18/h7-8,12-13,18-19,22H,3-6,9-11H2,1-2H3,(H,24,27)/t19-/m0/s1. The molecule has 1 atom stereocenters. The third-order valence-electron chi connectivity index (χ3n) is 5.49. The van der Waals surface area contributed by atoms with Gasteiger partial charge in [-0.3, -0.25) is 9.69 Å². The first-order valence-electron chi connectivity index (χ1n) is 9.76. The van der Waals surface area contributed by atoms with Crippen molar-refractivity contribution in [3.05, 3.63) is 47.0 Å². The molecule has 1 saturated carbocycles. The van der Waals surface area contributed by atoms with Crippen molar-refractivity contribution in [1.82, 2.24) is 30.3 Å². The van der Waals surface area contributed by atoms with Gasteiger partial charge in [-0.25, -0.2) is 9.67 Å². The molecule has 4 rings (SSSR count). The van der Waals surface area contributed by atoms with Crippen LogP contribution in [-0.4, -0.2) is 57.3 Å². The van der Waals surface area contributed by atoms with Gasteiger partial charge in [-0.1, -0.05) is 12.1 Å². The highest BCUT2D eigenvalue weighted by Crippen LogP contribution is 2.21. The topological polar surface area (TPSA) is 75.1 Å². The van der Waals surface area contributed by atoms with Crippen molar-refractivity contribution >= 4 is 5.91 Å². The Morgan fingerprint density at radius 3 is 2.70 bits per heavy atom. The highest BCUT2D eigenvalue weighted by Gasteiger charge is 2.30. The molecule has 0 bridgehead atoms. The van der Waals surface area contributed by atoms with Gasteiger partial charge in [-0.05, 0) is 48.9 Å². The highest BCUT2D eigenvalue weighted by atomic mass is 16.2. The largest absolute Gasteiger partial charge is 0.352 e. The molecular formula is C20H28N6O. The quantitative estimate of drug-likeness (QED) is 0.796. The van der Waals surface area contributed by atoms with Crippen molar-refractivity contribution in [2.45, 2.75) is 51.9 Å². The number of piperazine rings is 1. The van der Waals surface area contributed by atoms with Crippen LogP contribution in [-0.2, 0) is 17.9 Å². The van der Waals surface area contributed by atoms with Crippen LogP contribution in [0.1, 0.15) is 35.1 Å². The minimum absolute atomic E-state index is 0.111. The minimum Gasteiger partial charge on any atom is -0.352 e. The lowest BCUT2D eigenvalue weighted by atomic mass is 9.99. The van der Waals surface area contributed by atoms with E-state index in [2.05, 4.69) is 51.6 Å². The zero-order valence-electron chi connectivity index (χ0n) is 16.1. The van der Waals surface area contributed by atoms with Crippen LogP contribution in [0.2, 0.25) is 0 Å². The summed E-state index contributed by atoms with van der Waals surface area (Å²) in [5.41, 5.74) is 5.15. The van der Waals surface area contributed by atoms with Gasteiger partial charge in [0.2, 0.25) is 5.91 Å². The van der Waals surface area contributed by atoms with Gasteiger partial charge in [0.25, 0.3) is 0 Å². The Labute approximate surface area is 160 Å². The summed E-state index contributed by atoms with van der Waals surface area (Å²) >= 11 is 0. The van der Waals surface area contributed by atoms with Crippen LogP contribution in [0.25, 0.3) is 0 Å². The maximum absolute atomic E-state index is 12.4. The van der Waals surface area contributed by atoms with Crippen LogP contribution >= 0.6 is 0 Å². The first-order chi connectivity index (χ1) is 13.1. The molecule has 1 aromatic carbocycles. The van der Waals surface area contributed by atoms with E-state index in [1.54, 1.807) is 12.7 Å². The van der Waals surface area contributed by atoms with Crippen LogP contribution in [0, 0.1) is 13.8 Å². The summed E-state index contributed by atoms with van der Waals surface area (Å²) in [4.78, 5) is 18.8. The Morgan fingerprint density at radius 2 is 2.00 bits per heavy atom. The van der Waals surface area contributed by atoms with Gasteiger partial charge < -0.3 is 10.6 Å². The molecular weight excluding hydrogens is 340 g/mol. The fraction of sp³-hybridized carbons (Fsp3) is 0.550. The molecule has 144 valence electrons. The minimum atomic E-state index is -0.111. The SMILES string of the molecule is Cc1cc(C)c(Cn2cncn2)cc1CN1CCN[C@H](C(=O)NC2CC2)C1. The van der Waals surface area contributed by atoms with Crippen LogP contribution < -0.4 is 10.6 Å². The number of aromatic nitrogens is 3. The second kappa shape index (κ2) is 7.78. The van der Waals surface area contributed by atoms with Gasteiger partial charge in [0.05, 0.1) is 12.6 Å². The predicted octanol–water partition coefficient (Wildman–Crippen LogP) is 0.996. The van der Waals surface area contributed by atoms with Crippen LogP contribution in [0.15, 0.2) is 24.8 Å². The molecule has 2 N–H and O–H groups in total. The van der Waals surface area contributed by atoms with E-state index in [4.69, 9.17) is 0 Å². The average molecular weight is 368 g/mol. The number of amides is 1. The lowest BCUT2D eigenvalue weighted by Gasteiger charge is -2.33. The van der Waals surface area contributed by atoms with E-state index in [0.717, 1.165) is 45.6 Å². The molecule has 0 spiro atoms. The first kappa shape index (κ1) is 18.1. The highest BCUT2D eigenvalue weighted by molar-refractivity contribution is 5.82. The van der Waals surface area contributed by atoms with E-state index >= 15 is 0 Å². The maximum Gasteiger partial charge on any atom is 0.238 e. The van der Waals surface area contributed by atoms with E-state index in [9.17, 15) is 4.79 Å². The van der Waals surface area contributed by atoms with E-state index in [1.165, 1.54) is 22.3 Å². The van der Waals surface area contributed by atoms with Crippen molar-refractivity contribution in [3.8, 4) is 0 Å². The number of hydrogen-bond donors (Lipinski definition) is 2. The second-order valence-electron chi connectivity index (χ2n) is 7.82. The maximum atomic E-state index is 12.4. The van der Waals surface area contributed by atoms with Crippen molar-refractivity contribution in [1.29, 1.82) is 0 Å². The zero-order chi connectivity index (χ0) is 18.8. The number of nitrogens with zero attached hydrogens (tertiary/aromatic N) is 4. The number of carbonyl (C=O) groups excluding carboxylic acids is 1. The molecule has 0 radical (unpaired) electrons. The number of rotatable bonds is 6. The average Bonchev–Trinajstić information content (AvgIpc) is 3.31. The van der Waals surface area contributed by atoms with E-state index < -0.39 is 0 Å². The lowest BCUT2D eigenvalue weighted by Crippen LogP contribution is -2.57. The van der Waals surface area contributed by atoms with E-state index in [0.29, 0.717) is 6.04 Å². The lowest BCUT2D eigenvalue weighted by molar-refractivity contribution is -0.124. The van der Waals surface area contributed by atoms with Crippen molar-refractivity contribution in [2.24, 2.45) is 0 Å². The third kappa shape index (κ3) is 4.54. The van der Waals surface area contributed by atoms with Gasteiger partial charge >= 0.3 is 0 Å². The summed E-state index contributed by atoms with van der Waals surface area (Å²) in [6, 6.07) is 4.84. The Morgan fingerprint density at radius 1 is 1.22 bits per heavy atom. The number of nitrogens with one attached hydrogen (secondary N) is 2. The van der Waals surface area contributed by atoms with Gasteiger partial charge in [-0.15, -0.1) is 0 Å².